The van der Waals surface area contributed by atoms with E-state index < -0.39 is 0 Å². The van der Waals surface area contributed by atoms with Gasteiger partial charge in [-0.25, -0.2) is 0 Å². The highest BCUT2D eigenvalue weighted by atomic mass is 15.3. The summed E-state index contributed by atoms with van der Waals surface area (Å²) in [6.45, 7) is 15.3. The molecule has 314 valence electrons. The lowest BCUT2D eigenvalue weighted by Crippen LogP contribution is -2.50. The molecule has 0 N–H and O–H groups in total. The normalized spacial score (nSPS) is 12.0. The molecule has 0 rings (SSSR count). The first-order chi connectivity index (χ1) is 25.7. The second-order valence-corrected chi connectivity index (χ2v) is 18.0. The fourth-order valence-corrected chi connectivity index (χ4v) is 8.94. The fraction of sp³-hybridized carbons (Fsp3) is 1.00. The van der Waals surface area contributed by atoms with E-state index in [1.807, 2.05) is 0 Å². The van der Waals surface area contributed by atoms with Gasteiger partial charge in [0.2, 0.25) is 0 Å². The number of nitrogens with zero attached hydrogens (tertiary/aromatic N) is 1. The summed E-state index contributed by atoms with van der Waals surface area (Å²) in [5, 5.41) is 0. The predicted octanol–water partition coefficient (Wildman–Crippen LogP) is 18.7. The Kier molecular flexibility index (Phi) is 45.3. The van der Waals surface area contributed by atoms with E-state index in [0.717, 1.165) is 0 Å². The molecule has 0 saturated heterocycles. The molecule has 0 aliphatic heterocycles. The van der Waals surface area contributed by atoms with Crippen LogP contribution in [0.1, 0.15) is 304 Å². The largest absolute Gasteiger partial charge is 0.324 e. The van der Waals surface area contributed by atoms with Gasteiger partial charge in [-0.3, -0.25) is 0 Å². The van der Waals surface area contributed by atoms with Gasteiger partial charge in [0, 0.05) is 0 Å². The standard InChI is InChI=1S/C51H106N/c1-5-9-13-17-21-25-29-33-37-41-45-49-52(48-44-40-36-32-28-24-20-16-12-8-4,50-46-42-38-34-30-26-22-18-14-10-6-2)51-47-43-39-35-31-27-23-19-15-11-7-3/h5-51H2,1-4H3/q+1. The summed E-state index contributed by atoms with van der Waals surface area (Å²) in [5.74, 6) is 0. The van der Waals surface area contributed by atoms with Gasteiger partial charge in [0.05, 0.1) is 26.2 Å². The van der Waals surface area contributed by atoms with Crippen LogP contribution in [0.25, 0.3) is 0 Å². The lowest BCUT2D eigenvalue weighted by Gasteiger charge is -2.40. The summed E-state index contributed by atoms with van der Waals surface area (Å²) in [4.78, 5) is 0. The van der Waals surface area contributed by atoms with E-state index in [1.165, 1.54) is 307 Å². The van der Waals surface area contributed by atoms with Gasteiger partial charge in [-0.1, -0.05) is 252 Å². The summed E-state index contributed by atoms with van der Waals surface area (Å²) in [7, 11) is 0. The van der Waals surface area contributed by atoms with Crippen LogP contribution in [0.3, 0.4) is 0 Å². The molecule has 0 unspecified atom stereocenters. The van der Waals surface area contributed by atoms with Crippen molar-refractivity contribution in [2.45, 2.75) is 304 Å². The molecule has 0 aliphatic rings. The van der Waals surface area contributed by atoms with Crippen LogP contribution in [-0.4, -0.2) is 30.7 Å². The zero-order valence-electron chi connectivity index (χ0n) is 37.7. The third kappa shape index (κ3) is 39.6. The van der Waals surface area contributed by atoms with E-state index in [9.17, 15) is 0 Å². The number of hydrogen-bond donors (Lipinski definition) is 0. The van der Waals surface area contributed by atoms with Crippen molar-refractivity contribution in [1.29, 1.82) is 0 Å². The minimum atomic E-state index is 1.37. The monoisotopic (exact) mass is 733 g/mol. The molecule has 0 heterocycles. The molecule has 0 aliphatic carbocycles. The van der Waals surface area contributed by atoms with Crippen LogP contribution in [0, 0.1) is 0 Å². The van der Waals surface area contributed by atoms with Crippen molar-refractivity contribution in [3.8, 4) is 0 Å². The zero-order chi connectivity index (χ0) is 37.7. The fourth-order valence-electron chi connectivity index (χ4n) is 8.94. The van der Waals surface area contributed by atoms with Crippen molar-refractivity contribution < 1.29 is 4.48 Å². The van der Waals surface area contributed by atoms with Crippen molar-refractivity contribution in [1.82, 2.24) is 0 Å². The maximum absolute atomic E-state index is 2.34. The SMILES string of the molecule is CCCCCCCCCCCCC[N+](CCCCCCCCCCCC)(CCCCCCCCCCCCC)CCCCCCCCCCCCC. The highest BCUT2D eigenvalue weighted by Gasteiger charge is 2.25. The van der Waals surface area contributed by atoms with E-state index in [2.05, 4.69) is 27.7 Å². The Hall–Kier alpha value is -0.0400. The van der Waals surface area contributed by atoms with Crippen LogP contribution >= 0.6 is 0 Å². The number of rotatable bonds is 47. The second kappa shape index (κ2) is 45.4. The van der Waals surface area contributed by atoms with Crippen molar-refractivity contribution >= 4 is 0 Å². The van der Waals surface area contributed by atoms with Gasteiger partial charge in [0.1, 0.15) is 0 Å². The zero-order valence-corrected chi connectivity index (χ0v) is 37.7. The highest BCUT2D eigenvalue weighted by molar-refractivity contribution is 4.57. The van der Waals surface area contributed by atoms with Crippen molar-refractivity contribution in [3.63, 3.8) is 0 Å². The Morgan fingerprint density at radius 3 is 0.404 bits per heavy atom. The van der Waals surface area contributed by atoms with E-state index in [4.69, 9.17) is 0 Å². The molecule has 0 aromatic rings. The predicted molar refractivity (Wildman–Crippen MR) is 241 cm³/mol. The van der Waals surface area contributed by atoms with Crippen LogP contribution < -0.4 is 0 Å². The van der Waals surface area contributed by atoms with Crippen LogP contribution in [-0.2, 0) is 0 Å². The summed E-state index contributed by atoms with van der Waals surface area (Å²) in [5.41, 5.74) is 0. The first kappa shape index (κ1) is 52.0. The molecule has 0 radical (unpaired) electrons. The number of quaternary nitrogens is 1. The minimum absolute atomic E-state index is 1.37. The molecule has 0 spiro atoms. The van der Waals surface area contributed by atoms with Gasteiger partial charge in [0.25, 0.3) is 0 Å². The Balaban J connectivity index is 4.88. The Morgan fingerprint density at radius 2 is 0.269 bits per heavy atom. The lowest BCUT2D eigenvalue weighted by atomic mass is 10.0. The molecule has 0 saturated carbocycles. The van der Waals surface area contributed by atoms with Crippen molar-refractivity contribution in [3.05, 3.63) is 0 Å². The average molecular weight is 733 g/mol. The van der Waals surface area contributed by atoms with Gasteiger partial charge in [-0.2, -0.15) is 0 Å². The molecule has 1 heteroatoms. The lowest BCUT2D eigenvalue weighted by molar-refractivity contribution is -0.929. The molecular formula is C51H106N+. The van der Waals surface area contributed by atoms with E-state index in [1.54, 1.807) is 0 Å². The molecular weight excluding hydrogens is 627 g/mol. The Morgan fingerprint density at radius 1 is 0.154 bits per heavy atom. The van der Waals surface area contributed by atoms with Gasteiger partial charge >= 0.3 is 0 Å². The quantitative estimate of drug-likeness (QED) is 0.0432. The van der Waals surface area contributed by atoms with Crippen LogP contribution in [0.2, 0.25) is 0 Å². The first-order valence-electron chi connectivity index (χ1n) is 25.6. The maximum Gasteiger partial charge on any atom is 0.0786 e. The third-order valence-electron chi connectivity index (χ3n) is 12.7. The molecule has 0 bridgehead atoms. The smallest absolute Gasteiger partial charge is 0.0786 e. The molecule has 0 aromatic heterocycles. The van der Waals surface area contributed by atoms with E-state index in [0.29, 0.717) is 0 Å². The minimum Gasteiger partial charge on any atom is -0.324 e. The number of unbranched alkanes of at least 4 members (excludes halogenated alkanes) is 39. The Bertz CT molecular complexity index is 548. The highest BCUT2D eigenvalue weighted by Crippen LogP contribution is 2.22. The van der Waals surface area contributed by atoms with Crippen LogP contribution in [0.4, 0.5) is 0 Å². The molecule has 1 nitrogen and oxygen atoms in total. The van der Waals surface area contributed by atoms with Crippen molar-refractivity contribution in [2.75, 3.05) is 26.2 Å². The van der Waals surface area contributed by atoms with Gasteiger partial charge in [0.15, 0.2) is 0 Å². The van der Waals surface area contributed by atoms with Gasteiger partial charge in [-0.15, -0.1) is 0 Å². The summed E-state index contributed by atoms with van der Waals surface area (Å²) >= 11 is 0. The summed E-state index contributed by atoms with van der Waals surface area (Å²) in [6.07, 6.45) is 63.2. The molecule has 0 aromatic carbocycles. The maximum atomic E-state index is 2.34. The Labute approximate surface area is 333 Å². The summed E-state index contributed by atoms with van der Waals surface area (Å²) < 4.78 is 1.49. The first-order valence-corrected chi connectivity index (χ1v) is 25.6. The topological polar surface area (TPSA) is 0 Å². The summed E-state index contributed by atoms with van der Waals surface area (Å²) in [6, 6.07) is 0. The van der Waals surface area contributed by atoms with Crippen LogP contribution in [0.15, 0.2) is 0 Å². The van der Waals surface area contributed by atoms with Crippen molar-refractivity contribution in [2.24, 2.45) is 0 Å². The number of hydrogen-bond acceptors (Lipinski definition) is 0. The second-order valence-electron chi connectivity index (χ2n) is 18.0. The van der Waals surface area contributed by atoms with Gasteiger partial charge in [-0.05, 0) is 51.4 Å². The molecule has 0 amide bonds. The van der Waals surface area contributed by atoms with E-state index >= 15 is 0 Å². The molecule has 0 atom stereocenters. The molecule has 0 fully saturated rings. The third-order valence-corrected chi connectivity index (χ3v) is 12.7. The van der Waals surface area contributed by atoms with Gasteiger partial charge < -0.3 is 4.48 Å². The average Bonchev–Trinajstić information content (AvgIpc) is 3.15. The van der Waals surface area contributed by atoms with Crippen LogP contribution in [0.5, 0.6) is 0 Å². The van der Waals surface area contributed by atoms with E-state index in [-0.39, 0.29) is 0 Å². The molecule has 52 heavy (non-hydrogen) atoms.